The highest BCUT2D eigenvalue weighted by Crippen LogP contribution is 2.20. The van der Waals surface area contributed by atoms with Crippen LogP contribution >= 0.6 is 11.6 Å². The third kappa shape index (κ3) is 8.19. The fourth-order valence-corrected chi connectivity index (χ4v) is 3.15. The van der Waals surface area contributed by atoms with E-state index in [0.717, 1.165) is 6.42 Å². The maximum atomic E-state index is 11.9. The van der Waals surface area contributed by atoms with Crippen molar-refractivity contribution in [3.05, 3.63) is 34.9 Å². The van der Waals surface area contributed by atoms with Crippen molar-refractivity contribution in [2.45, 2.75) is 57.5 Å². The zero-order valence-corrected chi connectivity index (χ0v) is 16.0. The maximum Gasteiger partial charge on any atom is 0.251 e. The fraction of sp³-hybridized carbons (Fsp3) is 0.600. The Kier molecular flexibility index (Phi) is 9.50. The molecule has 26 heavy (non-hydrogen) atoms. The van der Waals surface area contributed by atoms with Crippen LogP contribution in [0.1, 0.15) is 61.7 Å². The van der Waals surface area contributed by atoms with E-state index < -0.39 is 0 Å². The van der Waals surface area contributed by atoms with Gasteiger partial charge in [0, 0.05) is 36.7 Å². The summed E-state index contributed by atoms with van der Waals surface area (Å²) in [5.74, 6) is -0.134. The predicted molar refractivity (Wildman–Crippen MR) is 103 cm³/mol. The monoisotopic (exact) mass is 380 g/mol. The first-order valence-corrected chi connectivity index (χ1v) is 9.95. The molecule has 1 saturated carbocycles. The van der Waals surface area contributed by atoms with E-state index in [2.05, 4.69) is 10.6 Å². The van der Waals surface area contributed by atoms with Crippen LogP contribution in [0.2, 0.25) is 5.02 Å². The molecular weight excluding hydrogens is 352 g/mol. The van der Waals surface area contributed by atoms with Crippen molar-refractivity contribution in [1.82, 2.24) is 10.6 Å². The number of rotatable bonds is 10. The largest absolute Gasteiger partial charge is 0.378 e. The first-order chi connectivity index (χ1) is 12.6. The molecule has 2 N–H and O–H groups in total. The highest BCUT2D eigenvalue weighted by molar-refractivity contribution is 6.30. The molecule has 0 aromatic heterocycles. The minimum Gasteiger partial charge on any atom is -0.378 e. The Balaban J connectivity index is 1.45. The predicted octanol–water partition coefficient (Wildman–Crippen LogP) is 3.71. The molecule has 0 atom stereocenters. The number of carbonyl (C=O) groups is 2. The summed E-state index contributed by atoms with van der Waals surface area (Å²) >= 11 is 5.79. The molecule has 1 aliphatic carbocycles. The van der Waals surface area contributed by atoms with Gasteiger partial charge in [-0.3, -0.25) is 9.59 Å². The van der Waals surface area contributed by atoms with Crippen LogP contribution in [-0.4, -0.2) is 37.6 Å². The van der Waals surface area contributed by atoms with Gasteiger partial charge in [-0.05, 0) is 49.9 Å². The molecule has 1 aromatic carbocycles. The Hall–Kier alpha value is -1.59. The summed E-state index contributed by atoms with van der Waals surface area (Å²) in [5.41, 5.74) is 0.566. The molecule has 5 nitrogen and oxygen atoms in total. The van der Waals surface area contributed by atoms with Gasteiger partial charge in [0.1, 0.15) is 0 Å². The lowest BCUT2D eigenvalue weighted by Gasteiger charge is -2.21. The van der Waals surface area contributed by atoms with Gasteiger partial charge in [0.05, 0.1) is 6.10 Å². The number of amides is 2. The van der Waals surface area contributed by atoms with Gasteiger partial charge in [0.25, 0.3) is 5.91 Å². The second kappa shape index (κ2) is 11.9. The van der Waals surface area contributed by atoms with Crippen molar-refractivity contribution in [3.63, 3.8) is 0 Å². The van der Waals surface area contributed by atoms with Crippen LogP contribution in [0.3, 0.4) is 0 Å². The standard InChI is InChI=1S/C20H29ClN2O3/c21-17-11-9-16(10-12-17)20(25)23-13-4-8-19(24)22-14-5-15-26-18-6-2-1-3-7-18/h9-12,18H,1-8,13-15H2,(H,22,24)(H,23,25). The van der Waals surface area contributed by atoms with Crippen molar-refractivity contribution >= 4 is 23.4 Å². The lowest BCUT2D eigenvalue weighted by Crippen LogP contribution is -2.28. The summed E-state index contributed by atoms with van der Waals surface area (Å²) in [6.07, 6.45) is 8.51. The molecule has 2 rings (SSSR count). The summed E-state index contributed by atoms with van der Waals surface area (Å²) in [4.78, 5) is 23.7. The van der Waals surface area contributed by atoms with E-state index in [1.165, 1.54) is 32.1 Å². The van der Waals surface area contributed by atoms with E-state index in [9.17, 15) is 9.59 Å². The lowest BCUT2D eigenvalue weighted by molar-refractivity contribution is -0.121. The van der Waals surface area contributed by atoms with Crippen molar-refractivity contribution in [2.24, 2.45) is 0 Å². The van der Waals surface area contributed by atoms with Gasteiger partial charge in [0.2, 0.25) is 5.91 Å². The topological polar surface area (TPSA) is 67.4 Å². The van der Waals surface area contributed by atoms with Crippen LogP contribution in [-0.2, 0) is 9.53 Å². The number of hydrogen-bond donors (Lipinski definition) is 2. The number of ether oxygens (including phenoxy) is 1. The van der Waals surface area contributed by atoms with Crippen molar-refractivity contribution < 1.29 is 14.3 Å². The third-order valence-electron chi connectivity index (χ3n) is 4.52. The first kappa shape index (κ1) is 20.7. The second-order valence-electron chi connectivity index (χ2n) is 6.70. The van der Waals surface area contributed by atoms with Gasteiger partial charge in [-0.25, -0.2) is 0 Å². The normalized spacial score (nSPS) is 14.8. The minimum atomic E-state index is -0.151. The summed E-state index contributed by atoms with van der Waals surface area (Å²) in [7, 11) is 0. The SMILES string of the molecule is O=C(CCCNC(=O)c1ccc(Cl)cc1)NCCCOC1CCCCC1. The van der Waals surface area contributed by atoms with Crippen molar-refractivity contribution in [2.75, 3.05) is 19.7 Å². The number of hydrogen-bond acceptors (Lipinski definition) is 3. The molecule has 0 radical (unpaired) electrons. The summed E-state index contributed by atoms with van der Waals surface area (Å²) in [6.45, 7) is 1.82. The molecule has 6 heteroatoms. The fourth-order valence-electron chi connectivity index (χ4n) is 3.02. The number of halogens is 1. The number of nitrogens with one attached hydrogen (secondary N) is 2. The smallest absolute Gasteiger partial charge is 0.251 e. The average molecular weight is 381 g/mol. The zero-order chi connectivity index (χ0) is 18.6. The molecule has 1 aromatic rings. The van der Waals surface area contributed by atoms with Crippen LogP contribution in [0.5, 0.6) is 0 Å². The van der Waals surface area contributed by atoms with E-state index in [1.807, 2.05) is 0 Å². The second-order valence-corrected chi connectivity index (χ2v) is 7.14. The van der Waals surface area contributed by atoms with E-state index in [1.54, 1.807) is 24.3 Å². The van der Waals surface area contributed by atoms with E-state index in [0.29, 0.717) is 49.2 Å². The van der Waals surface area contributed by atoms with E-state index in [4.69, 9.17) is 16.3 Å². The van der Waals surface area contributed by atoms with Crippen molar-refractivity contribution in [3.8, 4) is 0 Å². The van der Waals surface area contributed by atoms with Crippen LogP contribution in [0.25, 0.3) is 0 Å². The van der Waals surface area contributed by atoms with Gasteiger partial charge >= 0.3 is 0 Å². The van der Waals surface area contributed by atoms with Gasteiger partial charge in [-0.1, -0.05) is 30.9 Å². The van der Waals surface area contributed by atoms with Crippen LogP contribution in [0.15, 0.2) is 24.3 Å². The lowest BCUT2D eigenvalue weighted by atomic mass is 9.98. The Morgan fingerprint density at radius 1 is 1.00 bits per heavy atom. The highest BCUT2D eigenvalue weighted by atomic mass is 35.5. The molecule has 0 heterocycles. The molecule has 0 unspecified atom stereocenters. The van der Waals surface area contributed by atoms with Gasteiger partial charge < -0.3 is 15.4 Å². The Morgan fingerprint density at radius 2 is 1.69 bits per heavy atom. The number of benzene rings is 1. The third-order valence-corrected chi connectivity index (χ3v) is 4.77. The Morgan fingerprint density at radius 3 is 2.42 bits per heavy atom. The highest BCUT2D eigenvalue weighted by Gasteiger charge is 2.13. The zero-order valence-electron chi connectivity index (χ0n) is 15.3. The van der Waals surface area contributed by atoms with E-state index >= 15 is 0 Å². The molecule has 2 amide bonds. The quantitative estimate of drug-likeness (QED) is 0.608. The molecule has 0 saturated heterocycles. The molecular formula is C20H29ClN2O3. The summed E-state index contributed by atoms with van der Waals surface area (Å²) < 4.78 is 5.83. The Bertz CT molecular complexity index is 557. The minimum absolute atomic E-state index is 0.0170. The summed E-state index contributed by atoms with van der Waals surface area (Å²) in [5, 5.41) is 6.30. The van der Waals surface area contributed by atoms with E-state index in [-0.39, 0.29) is 11.8 Å². The maximum absolute atomic E-state index is 11.9. The summed E-state index contributed by atoms with van der Waals surface area (Å²) in [6, 6.07) is 6.73. The Labute approximate surface area is 160 Å². The average Bonchev–Trinajstić information content (AvgIpc) is 2.66. The first-order valence-electron chi connectivity index (χ1n) is 9.57. The molecule has 1 aliphatic rings. The van der Waals surface area contributed by atoms with Crippen LogP contribution in [0.4, 0.5) is 0 Å². The molecule has 1 fully saturated rings. The molecule has 0 spiro atoms. The van der Waals surface area contributed by atoms with Gasteiger partial charge in [0.15, 0.2) is 0 Å². The molecule has 0 aliphatic heterocycles. The van der Waals surface area contributed by atoms with Crippen LogP contribution in [0, 0.1) is 0 Å². The number of carbonyl (C=O) groups excluding carboxylic acids is 2. The molecule has 0 bridgehead atoms. The van der Waals surface area contributed by atoms with Gasteiger partial charge in [-0.2, -0.15) is 0 Å². The van der Waals surface area contributed by atoms with Crippen LogP contribution < -0.4 is 10.6 Å². The molecule has 144 valence electrons. The van der Waals surface area contributed by atoms with Crippen molar-refractivity contribution in [1.29, 1.82) is 0 Å². The van der Waals surface area contributed by atoms with Gasteiger partial charge in [-0.15, -0.1) is 0 Å².